The molecule has 0 radical (unpaired) electrons. The minimum atomic E-state index is -0.208. The number of nitrogens with zero attached hydrogens (tertiary/aromatic N) is 1. The van der Waals surface area contributed by atoms with Gasteiger partial charge >= 0.3 is 5.97 Å². The first-order valence-corrected chi connectivity index (χ1v) is 9.11. The van der Waals surface area contributed by atoms with Gasteiger partial charge in [0.05, 0.1) is 13.0 Å². The minimum absolute atomic E-state index is 0.0367. The number of piperidine rings is 1. The van der Waals surface area contributed by atoms with E-state index in [1.54, 1.807) is 0 Å². The van der Waals surface area contributed by atoms with Crippen LogP contribution >= 0.6 is 0 Å². The quantitative estimate of drug-likeness (QED) is 0.788. The van der Waals surface area contributed by atoms with Crippen LogP contribution in [0.15, 0.2) is 0 Å². The topological polar surface area (TPSA) is 58.6 Å². The normalized spacial score (nSPS) is 26.3. The number of nitrogens with one attached hydrogen (secondary N) is 1. The Morgan fingerprint density at radius 2 is 1.87 bits per heavy atom. The van der Waals surface area contributed by atoms with Crippen LogP contribution in [0.5, 0.6) is 0 Å². The Kier molecular flexibility index (Phi) is 6.88. The molecule has 1 saturated carbocycles. The van der Waals surface area contributed by atoms with Crippen LogP contribution in [0, 0.1) is 17.8 Å². The van der Waals surface area contributed by atoms with Crippen LogP contribution in [0.25, 0.3) is 0 Å². The van der Waals surface area contributed by atoms with Gasteiger partial charge in [0.15, 0.2) is 0 Å². The SMILES string of the molecule is COC(=O)C1CC(NCC2CCCCC2)CN(C(=O)C(C)C)C1. The average Bonchev–Trinajstić information content (AvgIpc) is 2.59. The molecule has 1 N–H and O–H groups in total. The molecule has 1 aliphatic carbocycles. The van der Waals surface area contributed by atoms with Crippen LogP contribution in [0.3, 0.4) is 0 Å². The molecule has 0 spiro atoms. The lowest BCUT2D eigenvalue weighted by molar-refractivity contribution is -0.150. The summed E-state index contributed by atoms with van der Waals surface area (Å²) in [6, 6.07) is 0.192. The molecule has 1 heterocycles. The summed E-state index contributed by atoms with van der Waals surface area (Å²) in [5.41, 5.74) is 0. The van der Waals surface area contributed by atoms with Crippen molar-refractivity contribution in [3.8, 4) is 0 Å². The van der Waals surface area contributed by atoms with Gasteiger partial charge < -0.3 is 15.0 Å². The highest BCUT2D eigenvalue weighted by Gasteiger charge is 2.35. The summed E-state index contributed by atoms with van der Waals surface area (Å²) >= 11 is 0. The monoisotopic (exact) mass is 324 g/mol. The van der Waals surface area contributed by atoms with Crippen molar-refractivity contribution >= 4 is 11.9 Å². The molecule has 0 aromatic heterocycles. The number of methoxy groups -OCH3 is 1. The van der Waals surface area contributed by atoms with E-state index in [0.29, 0.717) is 13.1 Å². The first-order chi connectivity index (χ1) is 11.0. The maximum absolute atomic E-state index is 12.4. The Morgan fingerprint density at radius 1 is 1.17 bits per heavy atom. The van der Waals surface area contributed by atoms with Gasteiger partial charge in [-0.05, 0) is 31.7 Å². The van der Waals surface area contributed by atoms with E-state index in [4.69, 9.17) is 4.74 Å². The second-order valence-electron chi connectivity index (χ2n) is 7.46. The van der Waals surface area contributed by atoms with E-state index < -0.39 is 0 Å². The summed E-state index contributed by atoms with van der Waals surface area (Å²) in [5.74, 6) is 0.431. The maximum atomic E-state index is 12.4. The summed E-state index contributed by atoms with van der Waals surface area (Å²) in [4.78, 5) is 26.2. The van der Waals surface area contributed by atoms with Crippen LogP contribution in [-0.4, -0.2) is 49.6 Å². The Labute approximate surface area is 140 Å². The number of rotatable bonds is 5. The molecule has 2 unspecified atom stereocenters. The number of likely N-dealkylation sites (tertiary alicyclic amines) is 1. The van der Waals surface area contributed by atoms with Crippen molar-refractivity contribution in [1.82, 2.24) is 10.2 Å². The zero-order valence-corrected chi connectivity index (χ0v) is 14.8. The fourth-order valence-corrected chi connectivity index (χ4v) is 3.85. The molecule has 1 amide bonds. The van der Waals surface area contributed by atoms with Crippen LogP contribution in [0.4, 0.5) is 0 Å². The van der Waals surface area contributed by atoms with E-state index in [9.17, 15) is 9.59 Å². The Morgan fingerprint density at radius 3 is 2.48 bits per heavy atom. The summed E-state index contributed by atoms with van der Waals surface area (Å²) in [5, 5.41) is 3.62. The first-order valence-electron chi connectivity index (χ1n) is 9.11. The van der Waals surface area contributed by atoms with Crippen molar-refractivity contribution in [3.63, 3.8) is 0 Å². The van der Waals surface area contributed by atoms with Crippen LogP contribution in [0.1, 0.15) is 52.4 Å². The van der Waals surface area contributed by atoms with Crippen molar-refractivity contribution < 1.29 is 14.3 Å². The standard InChI is InChI=1S/C18H32N2O3/c1-13(2)17(21)20-11-15(18(22)23-3)9-16(12-20)19-10-14-7-5-4-6-8-14/h13-16,19H,4-12H2,1-3H3. The van der Waals surface area contributed by atoms with Crippen molar-refractivity contribution in [1.29, 1.82) is 0 Å². The van der Waals surface area contributed by atoms with Gasteiger partial charge in [-0.1, -0.05) is 33.1 Å². The van der Waals surface area contributed by atoms with Crippen LogP contribution in [-0.2, 0) is 14.3 Å². The fraction of sp³-hybridized carbons (Fsp3) is 0.889. The molecule has 2 aliphatic rings. The summed E-state index contributed by atoms with van der Waals surface area (Å²) < 4.78 is 4.92. The zero-order chi connectivity index (χ0) is 16.8. The predicted octanol–water partition coefficient (Wildman–Crippen LogP) is 2.20. The highest BCUT2D eigenvalue weighted by Crippen LogP contribution is 2.24. The second kappa shape index (κ2) is 8.67. The summed E-state index contributed by atoms with van der Waals surface area (Å²) in [6.07, 6.45) is 7.39. The summed E-state index contributed by atoms with van der Waals surface area (Å²) in [6.45, 7) is 6.02. The van der Waals surface area contributed by atoms with E-state index >= 15 is 0 Å². The summed E-state index contributed by atoms with van der Waals surface area (Å²) in [7, 11) is 1.43. The number of ether oxygens (including phenoxy) is 1. The molecule has 5 nitrogen and oxygen atoms in total. The number of amides is 1. The molecule has 0 aromatic rings. The van der Waals surface area contributed by atoms with Gasteiger partial charge in [-0.15, -0.1) is 0 Å². The molecule has 23 heavy (non-hydrogen) atoms. The molecule has 132 valence electrons. The third-order valence-electron chi connectivity index (χ3n) is 5.21. The molecular weight excluding hydrogens is 292 g/mol. The van der Waals surface area contributed by atoms with Gasteiger partial charge in [-0.25, -0.2) is 0 Å². The van der Waals surface area contributed by atoms with E-state index in [1.807, 2.05) is 18.7 Å². The molecule has 1 aliphatic heterocycles. The minimum Gasteiger partial charge on any atom is -0.469 e. The lowest BCUT2D eigenvalue weighted by Crippen LogP contribution is -2.54. The van der Waals surface area contributed by atoms with Gasteiger partial charge in [0.1, 0.15) is 0 Å². The molecule has 2 fully saturated rings. The number of esters is 1. The first kappa shape index (κ1) is 18.2. The van der Waals surface area contributed by atoms with Gasteiger partial charge in [-0.3, -0.25) is 9.59 Å². The zero-order valence-electron chi connectivity index (χ0n) is 14.8. The lowest BCUT2D eigenvalue weighted by Gasteiger charge is -2.38. The van der Waals surface area contributed by atoms with E-state index in [0.717, 1.165) is 18.9 Å². The van der Waals surface area contributed by atoms with Gasteiger partial charge in [0.2, 0.25) is 5.91 Å². The smallest absolute Gasteiger partial charge is 0.310 e. The molecule has 1 saturated heterocycles. The highest BCUT2D eigenvalue weighted by molar-refractivity contribution is 5.80. The number of hydrogen-bond acceptors (Lipinski definition) is 4. The Balaban J connectivity index is 1.93. The van der Waals surface area contributed by atoms with Crippen LogP contribution < -0.4 is 5.32 Å². The maximum Gasteiger partial charge on any atom is 0.310 e. The van der Waals surface area contributed by atoms with Crippen molar-refractivity contribution in [2.45, 2.75) is 58.4 Å². The highest BCUT2D eigenvalue weighted by atomic mass is 16.5. The fourth-order valence-electron chi connectivity index (χ4n) is 3.85. The van der Waals surface area contributed by atoms with Crippen LogP contribution in [0.2, 0.25) is 0 Å². The van der Waals surface area contributed by atoms with Gasteiger partial charge in [0, 0.05) is 25.0 Å². The molecule has 2 atom stereocenters. The lowest BCUT2D eigenvalue weighted by atomic mass is 9.88. The third-order valence-corrected chi connectivity index (χ3v) is 5.21. The van der Waals surface area contributed by atoms with Gasteiger partial charge in [-0.2, -0.15) is 0 Å². The van der Waals surface area contributed by atoms with Gasteiger partial charge in [0.25, 0.3) is 0 Å². The predicted molar refractivity (Wildman–Crippen MR) is 89.9 cm³/mol. The van der Waals surface area contributed by atoms with E-state index in [2.05, 4.69) is 5.32 Å². The van der Waals surface area contributed by atoms with E-state index in [1.165, 1.54) is 39.2 Å². The Bertz CT molecular complexity index is 405. The molecule has 5 heteroatoms. The number of carbonyl (C=O) groups is 2. The molecular formula is C18H32N2O3. The second-order valence-corrected chi connectivity index (χ2v) is 7.46. The van der Waals surface area contributed by atoms with E-state index in [-0.39, 0.29) is 29.8 Å². The average molecular weight is 324 g/mol. The molecule has 0 aromatic carbocycles. The van der Waals surface area contributed by atoms with Crippen molar-refractivity contribution in [2.24, 2.45) is 17.8 Å². The number of hydrogen-bond donors (Lipinski definition) is 1. The Hall–Kier alpha value is -1.10. The largest absolute Gasteiger partial charge is 0.469 e. The van der Waals surface area contributed by atoms with Crippen molar-refractivity contribution in [2.75, 3.05) is 26.7 Å². The third kappa shape index (κ3) is 5.20. The molecule has 2 rings (SSSR count). The molecule has 0 bridgehead atoms. The van der Waals surface area contributed by atoms with Crippen molar-refractivity contribution in [3.05, 3.63) is 0 Å². The number of carbonyl (C=O) groups excluding carboxylic acids is 2.